The third kappa shape index (κ3) is 3.79. The van der Waals surface area contributed by atoms with Crippen LogP contribution in [0.25, 0.3) is 10.4 Å². The normalized spacial score (nSPS) is 16.1. The highest BCUT2D eigenvalue weighted by Gasteiger charge is 2.32. The van der Waals surface area contributed by atoms with Gasteiger partial charge in [0.05, 0.1) is 0 Å². The number of halogens is 2. The van der Waals surface area contributed by atoms with E-state index < -0.39 is 0 Å². The maximum Gasteiger partial charge on any atom is 0.0443 e. The molecule has 1 aliphatic carbocycles. The predicted molar refractivity (Wildman–Crippen MR) is 98.9 cm³/mol. The van der Waals surface area contributed by atoms with Gasteiger partial charge in [-0.05, 0) is 56.0 Å². The molecule has 1 N–H and O–H groups in total. The lowest BCUT2D eigenvalue weighted by atomic mass is 10.1. The first kappa shape index (κ1) is 15.7. The molecule has 0 radical (unpaired) electrons. The van der Waals surface area contributed by atoms with Crippen LogP contribution in [0.4, 0.5) is 0 Å². The van der Waals surface area contributed by atoms with E-state index in [9.17, 15) is 0 Å². The minimum atomic E-state index is 0.554. The molecule has 1 aromatic carbocycles. The second kappa shape index (κ2) is 6.95. The molecule has 1 unspecified atom stereocenters. The molecule has 3 rings (SSSR count). The Hall–Kier alpha value is -0.160. The van der Waals surface area contributed by atoms with Crippen molar-refractivity contribution in [3.05, 3.63) is 44.2 Å². The van der Waals surface area contributed by atoms with E-state index in [1.54, 1.807) is 0 Å². The van der Waals surface area contributed by atoms with Gasteiger partial charge in [0.25, 0.3) is 0 Å². The summed E-state index contributed by atoms with van der Waals surface area (Å²) < 4.78 is 2.25. The Bertz CT molecular complexity index is 619. The van der Waals surface area contributed by atoms with Crippen LogP contribution in [-0.2, 0) is 0 Å². The van der Waals surface area contributed by atoms with Crippen LogP contribution < -0.4 is 5.32 Å². The van der Waals surface area contributed by atoms with Gasteiger partial charge in [0.1, 0.15) is 0 Å². The molecule has 0 aliphatic heterocycles. The Morgan fingerprint density at radius 1 is 1.24 bits per heavy atom. The summed E-state index contributed by atoms with van der Waals surface area (Å²) in [5.41, 5.74) is 1.28. The molecule has 1 saturated carbocycles. The third-order valence-corrected chi connectivity index (χ3v) is 6.19. The van der Waals surface area contributed by atoms with E-state index in [2.05, 4.69) is 74.4 Å². The number of thiophene rings is 1. The van der Waals surface area contributed by atoms with Crippen molar-refractivity contribution in [2.24, 2.45) is 5.92 Å². The summed E-state index contributed by atoms with van der Waals surface area (Å²) in [5.74, 6) is 0.844. The van der Waals surface area contributed by atoms with Crippen LogP contribution in [0.15, 0.2) is 39.3 Å². The van der Waals surface area contributed by atoms with Gasteiger partial charge >= 0.3 is 0 Å². The van der Waals surface area contributed by atoms with E-state index in [4.69, 9.17) is 0 Å². The highest BCUT2D eigenvalue weighted by molar-refractivity contribution is 9.11. The van der Waals surface area contributed by atoms with Crippen molar-refractivity contribution in [3.8, 4) is 10.4 Å². The third-order valence-electron chi connectivity index (χ3n) is 3.84. The Balaban J connectivity index is 1.84. The zero-order valence-corrected chi connectivity index (χ0v) is 16.0. The molecule has 21 heavy (non-hydrogen) atoms. The molecule has 4 heteroatoms. The zero-order chi connectivity index (χ0) is 14.8. The van der Waals surface area contributed by atoms with Gasteiger partial charge in [-0.25, -0.2) is 0 Å². The Morgan fingerprint density at radius 2 is 2.05 bits per heavy atom. The summed E-state index contributed by atoms with van der Waals surface area (Å²) >= 11 is 9.12. The number of hydrogen-bond donors (Lipinski definition) is 1. The van der Waals surface area contributed by atoms with Crippen LogP contribution >= 0.6 is 43.2 Å². The molecule has 0 bridgehead atoms. The minimum absolute atomic E-state index is 0.554. The minimum Gasteiger partial charge on any atom is -0.309 e. The van der Waals surface area contributed by atoms with Crippen molar-refractivity contribution in [1.29, 1.82) is 0 Å². The molecule has 0 saturated heterocycles. The summed E-state index contributed by atoms with van der Waals surface area (Å²) in [7, 11) is 0. The first-order chi connectivity index (χ1) is 10.2. The molecule has 2 aromatic rings. The van der Waals surface area contributed by atoms with Gasteiger partial charge in [-0.15, -0.1) is 11.3 Å². The van der Waals surface area contributed by atoms with E-state index in [1.165, 1.54) is 34.6 Å². The molecule has 1 aliphatic rings. The summed E-state index contributed by atoms with van der Waals surface area (Å²) in [4.78, 5) is 2.82. The largest absolute Gasteiger partial charge is 0.309 e. The number of hydrogen-bond acceptors (Lipinski definition) is 2. The van der Waals surface area contributed by atoms with E-state index in [0.29, 0.717) is 6.04 Å². The van der Waals surface area contributed by atoms with Gasteiger partial charge in [-0.1, -0.05) is 44.8 Å². The van der Waals surface area contributed by atoms with Crippen molar-refractivity contribution < 1.29 is 0 Å². The molecule has 0 amide bonds. The first-order valence-electron chi connectivity index (χ1n) is 7.47. The summed E-state index contributed by atoms with van der Waals surface area (Å²) in [5, 5.41) is 3.73. The monoisotopic (exact) mass is 427 g/mol. The summed E-state index contributed by atoms with van der Waals surface area (Å²) in [6.45, 7) is 3.34. The Kier molecular flexibility index (Phi) is 5.20. The summed E-state index contributed by atoms with van der Waals surface area (Å²) in [6.07, 6.45) is 3.94. The van der Waals surface area contributed by atoms with Crippen LogP contribution in [0, 0.1) is 5.92 Å². The topological polar surface area (TPSA) is 12.0 Å². The fraction of sp³-hybridized carbons (Fsp3) is 0.412. The predicted octanol–water partition coefficient (Wildman–Crippen LogP) is 6.39. The van der Waals surface area contributed by atoms with E-state index in [-0.39, 0.29) is 0 Å². The Morgan fingerprint density at radius 3 is 2.71 bits per heavy atom. The SMILES string of the molecule is CCCNC(c1ccc(-c2ccc(Br)cc2Br)s1)C1CC1. The van der Waals surface area contributed by atoms with Crippen molar-refractivity contribution in [2.75, 3.05) is 6.54 Å². The van der Waals surface area contributed by atoms with Crippen LogP contribution in [0.2, 0.25) is 0 Å². The highest BCUT2D eigenvalue weighted by atomic mass is 79.9. The molecule has 1 atom stereocenters. The maximum absolute atomic E-state index is 3.73. The average Bonchev–Trinajstić information content (AvgIpc) is 3.18. The number of nitrogens with one attached hydrogen (secondary N) is 1. The van der Waals surface area contributed by atoms with Crippen molar-refractivity contribution in [1.82, 2.24) is 5.32 Å². The molecule has 1 heterocycles. The van der Waals surface area contributed by atoms with E-state index >= 15 is 0 Å². The first-order valence-corrected chi connectivity index (χ1v) is 9.88. The highest BCUT2D eigenvalue weighted by Crippen LogP contribution is 2.45. The number of rotatable bonds is 6. The van der Waals surface area contributed by atoms with Gasteiger partial charge in [0.2, 0.25) is 0 Å². The van der Waals surface area contributed by atoms with Crippen molar-refractivity contribution in [2.45, 2.75) is 32.2 Å². The molecule has 1 nitrogen and oxygen atoms in total. The number of benzene rings is 1. The second-order valence-electron chi connectivity index (χ2n) is 5.60. The molecule has 1 fully saturated rings. The van der Waals surface area contributed by atoms with Crippen molar-refractivity contribution >= 4 is 43.2 Å². The van der Waals surface area contributed by atoms with Crippen molar-refractivity contribution in [3.63, 3.8) is 0 Å². The fourth-order valence-electron chi connectivity index (χ4n) is 2.58. The quantitative estimate of drug-likeness (QED) is 0.561. The maximum atomic E-state index is 3.73. The lowest BCUT2D eigenvalue weighted by Crippen LogP contribution is -2.22. The van der Waals surface area contributed by atoms with Gasteiger partial charge in [-0.3, -0.25) is 0 Å². The molecular weight excluding hydrogens is 410 g/mol. The van der Waals surface area contributed by atoms with E-state index in [0.717, 1.165) is 21.4 Å². The van der Waals surface area contributed by atoms with Crippen LogP contribution in [0.3, 0.4) is 0 Å². The lowest BCUT2D eigenvalue weighted by molar-refractivity contribution is 0.488. The molecular formula is C17H19Br2NS. The van der Waals surface area contributed by atoms with Gasteiger partial charge in [-0.2, -0.15) is 0 Å². The van der Waals surface area contributed by atoms with Crippen LogP contribution in [-0.4, -0.2) is 6.54 Å². The van der Waals surface area contributed by atoms with Gasteiger partial charge < -0.3 is 5.32 Å². The lowest BCUT2D eigenvalue weighted by Gasteiger charge is -2.16. The van der Waals surface area contributed by atoms with Crippen LogP contribution in [0.5, 0.6) is 0 Å². The average molecular weight is 429 g/mol. The van der Waals surface area contributed by atoms with E-state index in [1.807, 2.05) is 11.3 Å². The standard InChI is InChI=1S/C17H19Br2NS/c1-2-9-20-17(11-3-4-11)16-8-7-15(21-16)13-6-5-12(18)10-14(13)19/h5-8,10-11,17,20H,2-4,9H2,1H3. The zero-order valence-electron chi connectivity index (χ0n) is 12.0. The van der Waals surface area contributed by atoms with Gasteiger partial charge in [0.15, 0.2) is 0 Å². The van der Waals surface area contributed by atoms with Crippen LogP contribution in [0.1, 0.15) is 37.1 Å². The van der Waals surface area contributed by atoms with Gasteiger partial charge in [0, 0.05) is 30.3 Å². The smallest absolute Gasteiger partial charge is 0.0443 e. The molecule has 1 aromatic heterocycles. The molecule has 112 valence electrons. The fourth-order valence-corrected chi connectivity index (χ4v) is 5.19. The second-order valence-corrected chi connectivity index (χ2v) is 8.48. The summed E-state index contributed by atoms with van der Waals surface area (Å²) in [6, 6.07) is 11.5. The Labute approximate surface area is 147 Å². The molecule has 0 spiro atoms.